The van der Waals surface area contributed by atoms with Crippen LogP contribution < -0.4 is 10.4 Å². The molecule has 1 aliphatic heterocycles. The van der Waals surface area contributed by atoms with Gasteiger partial charge in [-0.15, -0.1) is 0 Å². The number of nitrogens with one attached hydrogen (secondary N) is 1. The van der Waals surface area contributed by atoms with Gasteiger partial charge in [-0.3, -0.25) is 4.57 Å². The van der Waals surface area contributed by atoms with Crippen LogP contribution in [0.25, 0.3) is 11.0 Å². The normalized spacial score (nSPS) is 15.2. The lowest BCUT2D eigenvalue weighted by molar-refractivity contribution is -0.270. The molecule has 9 nitrogen and oxygen atoms in total. The number of nitrogens with zero attached hydrogens (tertiary/aromatic N) is 5. The molecule has 3 aromatic rings. The maximum Gasteiger partial charge on any atom is 0.206 e. The van der Waals surface area contributed by atoms with Crippen molar-refractivity contribution in [1.29, 1.82) is 0 Å². The van der Waals surface area contributed by atoms with Crippen molar-refractivity contribution in [3.63, 3.8) is 0 Å². The number of imidazole rings is 1. The summed E-state index contributed by atoms with van der Waals surface area (Å²) in [7, 11) is 0. The van der Waals surface area contributed by atoms with E-state index in [0.717, 1.165) is 59.6 Å². The van der Waals surface area contributed by atoms with Crippen molar-refractivity contribution in [3.05, 3.63) is 52.8 Å². The van der Waals surface area contributed by atoms with E-state index in [-0.39, 0.29) is 6.04 Å². The molecule has 1 fully saturated rings. The zero-order valence-electron chi connectivity index (χ0n) is 21.8. The molecular weight excluding hydrogens is 536 g/mol. The lowest BCUT2D eigenvalue weighted by atomic mass is 10.0. The second-order valence-corrected chi connectivity index (χ2v) is 11.3. The van der Waals surface area contributed by atoms with Crippen molar-refractivity contribution in [2.75, 3.05) is 38.1 Å². The van der Waals surface area contributed by atoms with Crippen LogP contribution in [0.15, 0.2) is 47.1 Å². The molecule has 0 radical (unpaired) electrons. The summed E-state index contributed by atoms with van der Waals surface area (Å²) in [5.74, 6) is 0.816. The van der Waals surface area contributed by atoms with E-state index in [4.69, 9.17) is 9.72 Å². The first kappa shape index (κ1) is 27.3. The summed E-state index contributed by atoms with van der Waals surface area (Å²) in [6.45, 7) is 9.61. The highest BCUT2D eigenvalue weighted by atomic mass is 79.9. The van der Waals surface area contributed by atoms with E-state index >= 15 is 0 Å². The maximum absolute atomic E-state index is 11.5. The third-order valence-corrected chi connectivity index (χ3v) is 7.18. The number of amides is 1. The summed E-state index contributed by atoms with van der Waals surface area (Å²) in [5, 5.41) is 15.2. The van der Waals surface area contributed by atoms with Gasteiger partial charge in [0.2, 0.25) is 5.95 Å². The summed E-state index contributed by atoms with van der Waals surface area (Å²) in [4.78, 5) is 24.6. The number of carbonyl (C=O) groups excluding carboxylic acids is 1. The number of pyridine rings is 1. The number of benzene rings is 1. The number of aromatic nitrogens is 3. The molecule has 200 valence electrons. The van der Waals surface area contributed by atoms with Crippen LogP contribution in [0.1, 0.15) is 39.3 Å². The second-order valence-electron chi connectivity index (χ2n) is 10.4. The van der Waals surface area contributed by atoms with E-state index in [2.05, 4.69) is 41.8 Å². The van der Waals surface area contributed by atoms with Gasteiger partial charge < -0.3 is 29.8 Å². The van der Waals surface area contributed by atoms with Crippen molar-refractivity contribution in [1.82, 2.24) is 24.3 Å². The molecule has 37 heavy (non-hydrogen) atoms. The molecule has 1 aromatic carbocycles. The van der Waals surface area contributed by atoms with Gasteiger partial charge in [0.15, 0.2) is 0 Å². The molecule has 0 saturated carbocycles. The average Bonchev–Trinajstić information content (AvgIpc) is 3.19. The van der Waals surface area contributed by atoms with Gasteiger partial charge in [-0.1, -0.05) is 18.2 Å². The van der Waals surface area contributed by atoms with Gasteiger partial charge in [0, 0.05) is 49.9 Å². The molecule has 0 unspecified atom stereocenters. The number of carboxylic acid groups (broad SMARTS) is 1. The molecule has 0 atom stereocenters. The summed E-state index contributed by atoms with van der Waals surface area (Å²) < 4.78 is 8.96. The number of fused-ring (bicyclic) bond motifs is 1. The lowest BCUT2D eigenvalue weighted by Crippen LogP contribution is -2.54. The van der Waals surface area contributed by atoms with E-state index < -0.39 is 11.6 Å². The number of para-hydroxylation sites is 2. The minimum atomic E-state index is -1.11. The highest BCUT2D eigenvalue weighted by Gasteiger charge is 2.25. The van der Waals surface area contributed by atoms with Gasteiger partial charge >= 0.3 is 0 Å². The van der Waals surface area contributed by atoms with Crippen LogP contribution in [0, 0.1) is 0 Å². The molecule has 1 amide bonds. The van der Waals surface area contributed by atoms with Gasteiger partial charge in [-0.05, 0) is 73.8 Å². The molecule has 4 rings (SSSR count). The first-order valence-electron chi connectivity index (χ1n) is 12.8. The van der Waals surface area contributed by atoms with Gasteiger partial charge in [0.25, 0.3) is 0 Å². The van der Waals surface area contributed by atoms with E-state index in [1.54, 1.807) is 0 Å². The fourth-order valence-corrected chi connectivity index (χ4v) is 5.04. The van der Waals surface area contributed by atoms with Crippen molar-refractivity contribution in [3.8, 4) is 0 Å². The van der Waals surface area contributed by atoms with Crippen molar-refractivity contribution >= 4 is 39.0 Å². The minimum absolute atomic E-state index is 0.289. The largest absolute Gasteiger partial charge is 0.530 e. The third kappa shape index (κ3) is 7.43. The molecular formula is C27H36BrN6O3-. The quantitative estimate of drug-likeness (QED) is 0.292. The Balaban J connectivity index is 1.32. The number of anilines is 1. The smallest absolute Gasteiger partial charge is 0.206 e. The van der Waals surface area contributed by atoms with E-state index in [9.17, 15) is 9.90 Å². The topological polar surface area (TPSA) is 98.6 Å². The second kappa shape index (κ2) is 12.2. The van der Waals surface area contributed by atoms with Crippen LogP contribution in [-0.4, -0.2) is 74.8 Å². The average molecular weight is 573 g/mol. The molecule has 1 N–H and O–H groups in total. The van der Waals surface area contributed by atoms with Gasteiger partial charge in [-0.25, -0.2) is 9.97 Å². The minimum Gasteiger partial charge on any atom is -0.530 e. The standard InChI is InChI=1S/C27H37BrN6O3/c1-27(2,3)34(26(35)36)17-16-32-14-11-21(12-15-32)30-25-31-22-8-4-5-9-23(22)33(25)19-37-18-13-20-7-6-10-24(28)29-20/h4-10,21H,11-19H2,1-3H3,(H,30,31)(H,35,36)/p-1. The van der Waals surface area contributed by atoms with Crippen LogP contribution in [0.3, 0.4) is 0 Å². The maximum atomic E-state index is 11.5. The Bertz CT molecular complexity index is 1190. The van der Waals surface area contributed by atoms with Crippen LogP contribution in [0.5, 0.6) is 0 Å². The monoisotopic (exact) mass is 571 g/mol. The van der Waals surface area contributed by atoms with Crippen LogP contribution in [0.4, 0.5) is 10.7 Å². The lowest BCUT2D eigenvalue weighted by Gasteiger charge is -2.40. The summed E-state index contributed by atoms with van der Waals surface area (Å²) >= 11 is 3.41. The molecule has 0 aliphatic carbocycles. The predicted octanol–water partition coefficient (Wildman–Crippen LogP) is 3.73. The Kier molecular flexibility index (Phi) is 9.04. The van der Waals surface area contributed by atoms with Crippen LogP contribution >= 0.6 is 15.9 Å². The Morgan fingerprint density at radius 3 is 2.62 bits per heavy atom. The summed E-state index contributed by atoms with van der Waals surface area (Å²) in [6.07, 6.45) is 1.54. The SMILES string of the molecule is CC(C)(C)N(CCN1CCC(Nc2nc3ccccc3n2COCCc2cccc(Br)n2)CC1)C(=O)[O-]. The number of rotatable bonds is 10. The van der Waals surface area contributed by atoms with Crippen LogP contribution in [0.2, 0.25) is 0 Å². The third-order valence-electron chi connectivity index (χ3n) is 6.74. The fourth-order valence-electron chi connectivity index (χ4n) is 4.66. The summed E-state index contributed by atoms with van der Waals surface area (Å²) in [5.41, 5.74) is 2.49. The number of hydrogen-bond acceptors (Lipinski definition) is 7. The number of hydrogen-bond donors (Lipinski definition) is 1. The number of carbonyl (C=O) groups is 1. The van der Waals surface area contributed by atoms with Crippen molar-refractivity contribution < 1.29 is 14.6 Å². The molecule has 0 bridgehead atoms. The Morgan fingerprint density at radius 1 is 1.16 bits per heavy atom. The number of halogens is 1. The molecule has 0 spiro atoms. The van der Waals surface area contributed by atoms with Crippen molar-refractivity contribution in [2.45, 2.75) is 58.3 Å². The highest BCUT2D eigenvalue weighted by Crippen LogP contribution is 2.23. The van der Waals surface area contributed by atoms with Crippen molar-refractivity contribution in [2.24, 2.45) is 0 Å². The number of ether oxygens (including phenoxy) is 1. The molecule has 10 heteroatoms. The zero-order chi connectivity index (χ0) is 26.4. The molecule has 1 saturated heterocycles. The molecule has 1 aliphatic rings. The van der Waals surface area contributed by atoms with E-state index in [1.807, 2.05) is 57.2 Å². The van der Waals surface area contributed by atoms with Gasteiger partial charge in [-0.2, -0.15) is 0 Å². The van der Waals surface area contributed by atoms with E-state index in [0.29, 0.717) is 26.4 Å². The van der Waals surface area contributed by atoms with Gasteiger partial charge in [0.05, 0.1) is 17.6 Å². The van der Waals surface area contributed by atoms with Gasteiger partial charge in [0.1, 0.15) is 17.4 Å². The molecule has 3 heterocycles. The summed E-state index contributed by atoms with van der Waals surface area (Å²) in [6, 6.07) is 14.3. The number of likely N-dealkylation sites (tertiary alicyclic amines) is 1. The zero-order valence-corrected chi connectivity index (χ0v) is 23.4. The Labute approximate surface area is 227 Å². The number of piperidine rings is 1. The Hall–Kier alpha value is -2.69. The fraction of sp³-hybridized carbons (Fsp3) is 0.519. The first-order chi connectivity index (χ1) is 17.7. The van der Waals surface area contributed by atoms with Crippen LogP contribution in [-0.2, 0) is 17.9 Å². The van der Waals surface area contributed by atoms with E-state index in [1.165, 1.54) is 4.90 Å². The molecule has 2 aromatic heterocycles. The highest BCUT2D eigenvalue weighted by molar-refractivity contribution is 9.10. The first-order valence-corrected chi connectivity index (χ1v) is 13.6. The predicted molar refractivity (Wildman–Crippen MR) is 146 cm³/mol. The Morgan fingerprint density at radius 2 is 1.92 bits per heavy atom.